The van der Waals surface area contributed by atoms with Crippen molar-refractivity contribution in [3.8, 4) is 0 Å². The van der Waals surface area contributed by atoms with Gasteiger partial charge in [-0.2, -0.15) is 0 Å². The Morgan fingerprint density at radius 3 is 2.48 bits per heavy atom. The standard InChI is InChI=1S/C18H16ClNO/c1-12-7-3-4-8-14(12)11-20-16-10-6-5-9-15(16)17(13(2)21)18(20)19/h3-10H,11H2,1-2H3. The van der Waals surface area contributed by atoms with E-state index in [1.165, 1.54) is 11.1 Å². The molecule has 21 heavy (non-hydrogen) atoms. The molecule has 2 aromatic carbocycles. The van der Waals surface area contributed by atoms with Crippen LogP contribution in [-0.2, 0) is 6.54 Å². The van der Waals surface area contributed by atoms with Gasteiger partial charge in [0, 0.05) is 11.9 Å². The number of carbonyl (C=O) groups is 1. The minimum atomic E-state index is -0.000247. The monoisotopic (exact) mass is 297 g/mol. The summed E-state index contributed by atoms with van der Waals surface area (Å²) >= 11 is 6.49. The van der Waals surface area contributed by atoms with Gasteiger partial charge >= 0.3 is 0 Å². The van der Waals surface area contributed by atoms with Crippen molar-refractivity contribution >= 4 is 28.3 Å². The van der Waals surface area contributed by atoms with Gasteiger partial charge in [0.25, 0.3) is 0 Å². The summed E-state index contributed by atoms with van der Waals surface area (Å²) in [6.45, 7) is 4.31. The zero-order chi connectivity index (χ0) is 15.0. The van der Waals surface area contributed by atoms with Crippen molar-refractivity contribution in [1.29, 1.82) is 0 Å². The van der Waals surface area contributed by atoms with E-state index >= 15 is 0 Å². The molecule has 0 saturated carbocycles. The number of Topliss-reactive ketones (excluding diaryl/α,β-unsaturated/α-hetero) is 1. The predicted octanol–water partition coefficient (Wildman–Crippen LogP) is 4.85. The minimum absolute atomic E-state index is 0.000247. The number of halogens is 1. The van der Waals surface area contributed by atoms with Crippen molar-refractivity contribution in [1.82, 2.24) is 4.57 Å². The number of hydrogen-bond donors (Lipinski definition) is 0. The Kier molecular flexibility index (Phi) is 3.56. The van der Waals surface area contributed by atoms with Crippen LogP contribution in [0.15, 0.2) is 48.5 Å². The zero-order valence-electron chi connectivity index (χ0n) is 12.1. The molecule has 3 heteroatoms. The van der Waals surface area contributed by atoms with E-state index in [2.05, 4.69) is 19.1 Å². The van der Waals surface area contributed by atoms with E-state index in [0.29, 0.717) is 17.3 Å². The maximum atomic E-state index is 11.9. The van der Waals surface area contributed by atoms with E-state index in [1.807, 2.05) is 41.0 Å². The lowest BCUT2D eigenvalue weighted by Crippen LogP contribution is -2.02. The van der Waals surface area contributed by atoms with Crippen LogP contribution in [0.3, 0.4) is 0 Å². The molecular formula is C18H16ClNO. The number of hydrogen-bond acceptors (Lipinski definition) is 1. The second kappa shape index (κ2) is 5.38. The number of aryl methyl sites for hydroxylation is 1. The number of fused-ring (bicyclic) bond motifs is 1. The van der Waals surface area contributed by atoms with E-state index in [0.717, 1.165) is 10.9 Å². The molecule has 0 unspecified atom stereocenters. The van der Waals surface area contributed by atoms with Gasteiger partial charge in [-0.25, -0.2) is 0 Å². The summed E-state index contributed by atoms with van der Waals surface area (Å²) in [6.07, 6.45) is 0. The Morgan fingerprint density at radius 1 is 1.10 bits per heavy atom. The highest BCUT2D eigenvalue weighted by atomic mass is 35.5. The smallest absolute Gasteiger partial charge is 0.163 e. The summed E-state index contributed by atoms with van der Waals surface area (Å²) in [6, 6.07) is 16.1. The highest BCUT2D eigenvalue weighted by Crippen LogP contribution is 2.31. The van der Waals surface area contributed by atoms with Gasteiger partial charge < -0.3 is 4.57 Å². The fourth-order valence-corrected chi connectivity index (χ4v) is 3.11. The van der Waals surface area contributed by atoms with Crippen LogP contribution in [0, 0.1) is 6.92 Å². The molecule has 0 fully saturated rings. The first-order chi connectivity index (χ1) is 10.1. The summed E-state index contributed by atoms with van der Waals surface area (Å²) in [5, 5.41) is 1.44. The third kappa shape index (κ3) is 2.36. The number of nitrogens with zero attached hydrogens (tertiary/aromatic N) is 1. The Hall–Kier alpha value is -2.06. The molecule has 2 nitrogen and oxygen atoms in total. The Bertz CT molecular complexity index is 832. The number of carbonyl (C=O) groups excluding carboxylic acids is 1. The number of benzene rings is 2. The van der Waals surface area contributed by atoms with Crippen LogP contribution in [0.4, 0.5) is 0 Å². The van der Waals surface area contributed by atoms with Gasteiger partial charge in [0.2, 0.25) is 0 Å². The molecule has 3 rings (SSSR count). The van der Waals surface area contributed by atoms with Crippen LogP contribution in [0.1, 0.15) is 28.4 Å². The lowest BCUT2D eigenvalue weighted by Gasteiger charge is -2.10. The van der Waals surface area contributed by atoms with Gasteiger partial charge in [0.05, 0.1) is 11.1 Å². The highest BCUT2D eigenvalue weighted by molar-refractivity contribution is 6.35. The van der Waals surface area contributed by atoms with Crippen LogP contribution >= 0.6 is 11.6 Å². The van der Waals surface area contributed by atoms with Gasteiger partial charge in [-0.05, 0) is 31.0 Å². The van der Waals surface area contributed by atoms with Crippen molar-refractivity contribution in [3.63, 3.8) is 0 Å². The van der Waals surface area contributed by atoms with Crippen molar-refractivity contribution in [2.75, 3.05) is 0 Å². The number of rotatable bonds is 3. The van der Waals surface area contributed by atoms with Crippen molar-refractivity contribution in [3.05, 3.63) is 70.4 Å². The van der Waals surface area contributed by atoms with Crippen LogP contribution in [0.5, 0.6) is 0 Å². The van der Waals surface area contributed by atoms with Crippen LogP contribution in [0.25, 0.3) is 10.9 Å². The average Bonchev–Trinajstić information content (AvgIpc) is 2.74. The molecule has 3 aromatic rings. The average molecular weight is 298 g/mol. The van der Waals surface area contributed by atoms with E-state index in [-0.39, 0.29) is 5.78 Å². The van der Waals surface area contributed by atoms with Crippen LogP contribution in [0.2, 0.25) is 5.15 Å². The third-order valence-electron chi connectivity index (χ3n) is 3.85. The molecular weight excluding hydrogens is 282 g/mol. The molecule has 1 aromatic heterocycles. The molecule has 0 aliphatic heterocycles. The summed E-state index contributed by atoms with van der Waals surface area (Å²) in [7, 11) is 0. The van der Waals surface area contributed by atoms with Crippen LogP contribution < -0.4 is 0 Å². The fourth-order valence-electron chi connectivity index (χ4n) is 2.72. The third-order valence-corrected chi connectivity index (χ3v) is 4.24. The summed E-state index contributed by atoms with van der Waals surface area (Å²) in [4.78, 5) is 11.9. The fraction of sp³-hybridized carbons (Fsp3) is 0.167. The van der Waals surface area contributed by atoms with Crippen molar-refractivity contribution < 1.29 is 4.79 Å². The molecule has 0 N–H and O–H groups in total. The predicted molar refractivity (Wildman–Crippen MR) is 87.2 cm³/mol. The Morgan fingerprint density at radius 2 is 1.76 bits per heavy atom. The van der Waals surface area contributed by atoms with E-state index < -0.39 is 0 Å². The van der Waals surface area contributed by atoms with Gasteiger partial charge in [0.15, 0.2) is 5.78 Å². The van der Waals surface area contributed by atoms with Crippen LogP contribution in [-0.4, -0.2) is 10.4 Å². The zero-order valence-corrected chi connectivity index (χ0v) is 12.8. The second-order valence-corrected chi connectivity index (χ2v) is 5.61. The second-order valence-electron chi connectivity index (χ2n) is 5.25. The van der Waals surface area contributed by atoms with Gasteiger partial charge in [-0.1, -0.05) is 54.1 Å². The van der Waals surface area contributed by atoms with Gasteiger partial charge in [0.1, 0.15) is 5.15 Å². The molecule has 1 heterocycles. The molecule has 0 aliphatic rings. The molecule has 0 aliphatic carbocycles. The Balaban J connectivity index is 2.21. The first kappa shape index (κ1) is 13.9. The van der Waals surface area contributed by atoms with E-state index in [4.69, 9.17) is 11.6 Å². The largest absolute Gasteiger partial charge is 0.327 e. The topological polar surface area (TPSA) is 22.0 Å². The minimum Gasteiger partial charge on any atom is -0.327 e. The lowest BCUT2D eigenvalue weighted by atomic mass is 10.1. The summed E-state index contributed by atoms with van der Waals surface area (Å²) < 4.78 is 2.01. The highest BCUT2D eigenvalue weighted by Gasteiger charge is 2.18. The number of ketones is 1. The number of aromatic nitrogens is 1. The number of para-hydroxylation sites is 1. The SMILES string of the molecule is CC(=O)c1c(Cl)n(Cc2ccccc2C)c2ccccc12. The molecule has 106 valence electrons. The molecule has 0 spiro atoms. The quantitative estimate of drug-likeness (QED) is 0.633. The maximum Gasteiger partial charge on any atom is 0.163 e. The van der Waals surface area contributed by atoms with Gasteiger partial charge in [-0.3, -0.25) is 4.79 Å². The molecule has 0 atom stereocenters. The first-order valence-corrected chi connectivity index (χ1v) is 7.29. The van der Waals surface area contributed by atoms with Crippen molar-refractivity contribution in [2.24, 2.45) is 0 Å². The van der Waals surface area contributed by atoms with E-state index in [1.54, 1.807) is 6.92 Å². The first-order valence-electron chi connectivity index (χ1n) is 6.91. The normalized spacial score (nSPS) is 11.0. The van der Waals surface area contributed by atoms with Gasteiger partial charge in [-0.15, -0.1) is 0 Å². The van der Waals surface area contributed by atoms with Crippen molar-refractivity contribution in [2.45, 2.75) is 20.4 Å². The van der Waals surface area contributed by atoms with E-state index in [9.17, 15) is 4.79 Å². The molecule has 0 bridgehead atoms. The molecule has 0 saturated heterocycles. The molecule has 0 radical (unpaired) electrons. The lowest BCUT2D eigenvalue weighted by molar-refractivity contribution is 0.101. The maximum absolute atomic E-state index is 11.9. The summed E-state index contributed by atoms with van der Waals surface area (Å²) in [5.41, 5.74) is 4.03. The summed E-state index contributed by atoms with van der Waals surface area (Å²) in [5.74, 6) is -0.000247. The molecule has 0 amide bonds. The Labute approximate surface area is 129 Å².